The third kappa shape index (κ3) is 3.04. The minimum Gasteiger partial charge on any atom is -0.504 e. The summed E-state index contributed by atoms with van der Waals surface area (Å²) in [6, 6.07) is 1.60. The molecule has 0 aliphatic rings. The van der Waals surface area contributed by atoms with Crippen LogP contribution in [0.2, 0.25) is 0 Å². The van der Waals surface area contributed by atoms with Crippen LogP contribution in [0, 0.1) is 0 Å². The average Bonchev–Trinajstić information content (AvgIpc) is 2.32. The van der Waals surface area contributed by atoms with E-state index < -0.39 is 0 Å². The number of aromatic hydroxyl groups is 1. The molecule has 98 valence electrons. The van der Waals surface area contributed by atoms with E-state index in [9.17, 15) is 5.11 Å². The first-order valence-electron chi connectivity index (χ1n) is 4.76. The SMILES string of the molecule is COc1c(Br)cc(C=NN=C(N)N)c(O)c1OC. The van der Waals surface area contributed by atoms with Gasteiger partial charge in [0.2, 0.25) is 11.7 Å². The highest BCUT2D eigenvalue weighted by Crippen LogP contribution is 2.43. The van der Waals surface area contributed by atoms with E-state index in [4.69, 9.17) is 20.9 Å². The predicted molar refractivity (Wildman–Crippen MR) is 72.3 cm³/mol. The highest BCUT2D eigenvalue weighted by Gasteiger charge is 2.17. The molecule has 8 heteroatoms. The Balaban J connectivity index is 3.27. The first-order valence-corrected chi connectivity index (χ1v) is 5.56. The fourth-order valence-corrected chi connectivity index (χ4v) is 1.84. The van der Waals surface area contributed by atoms with Gasteiger partial charge in [0.05, 0.1) is 24.9 Å². The van der Waals surface area contributed by atoms with Crippen LogP contribution in [-0.2, 0) is 0 Å². The second-order valence-electron chi connectivity index (χ2n) is 3.13. The average molecular weight is 317 g/mol. The molecule has 0 atom stereocenters. The lowest BCUT2D eigenvalue weighted by molar-refractivity contribution is 0.331. The molecule has 18 heavy (non-hydrogen) atoms. The molecule has 0 radical (unpaired) electrons. The molecule has 0 spiro atoms. The van der Waals surface area contributed by atoms with Crippen molar-refractivity contribution in [3.05, 3.63) is 16.1 Å². The summed E-state index contributed by atoms with van der Waals surface area (Å²) in [4.78, 5) is 0. The summed E-state index contributed by atoms with van der Waals surface area (Å²) < 4.78 is 10.8. The number of guanidine groups is 1. The lowest BCUT2D eigenvalue weighted by atomic mass is 10.2. The molecule has 1 aromatic rings. The van der Waals surface area contributed by atoms with Crippen molar-refractivity contribution in [1.82, 2.24) is 0 Å². The Labute approximate surface area is 112 Å². The van der Waals surface area contributed by atoms with Crippen LogP contribution in [-0.4, -0.2) is 31.5 Å². The largest absolute Gasteiger partial charge is 0.504 e. The maximum Gasteiger partial charge on any atom is 0.211 e. The molecule has 5 N–H and O–H groups in total. The zero-order valence-electron chi connectivity index (χ0n) is 9.85. The number of phenols is 1. The smallest absolute Gasteiger partial charge is 0.211 e. The molecule has 0 bridgehead atoms. The lowest BCUT2D eigenvalue weighted by Gasteiger charge is -2.12. The number of nitrogens with two attached hydrogens (primary N) is 2. The molecule has 1 rings (SSSR count). The van der Waals surface area contributed by atoms with Crippen molar-refractivity contribution in [2.45, 2.75) is 0 Å². The van der Waals surface area contributed by atoms with Crippen LogP contribution in [0.1, 0.15) is 5.56 Å². The molecule has 0 saturated carbocycles. The molecule has 0 aliphatic carbocycles. The number of rotatable bonds is 4. The summed E-state index contributed by atoms with van der Waals surface area (Å²) in [5.74, 6) is 0.282. The van der Waals surface area contributed by atoms with E-state index >= 15 is 0 Å². The molecule has 7 nitrogen and oxygen atoms in total. The van der Waals surface area contributed by atoms with Gasteiger partial charge in [0.15, 0.2) is 11.5 Å². The molecule has 0 fully saturated rings. The van der Waals surface area contributed by atoms with Gasteiger partial charge in [0.25, 0.3) is 0 Å². The molecule has 1 aromatic carbocycles. The molecule has 0 aliphatic heterocycles. The van der Waals surface area contributed by atoms with E-state index in [1.165, 1.54) is 20.4 Å². The van der Waals surface area contributed by atoms with Crippen LogP contribution in [0.4, 0.5) is 0 Å². The number of nitrogens with zero attached hydrogens (tertiary/aromatic N) is 2. The van der Waals surface area contributed by atoms with Crippen molar-refractivity contribution in [2.75, 3.05) is 14.2 Å². The van der Waals surface area contributed by atoms with Crippen molar-refractivity contribution in [1.29, 1.82) is 0 Å². The third-order valence-electron chi connectivity index (χ3n) is 1.97. The first-order chi connectivity index (χ1) is 8.51. The predicted octanol–water partition coefficient (Wildman–Crippen LogP) is 0.779. The zero-order valence-corrected chi connectivity index (χ0v) is 11.4. The molecule has 0 unspecified atom stereocenters. The van der Waals surface area contributed by atoms with E-state index in [1.54, 1.807) is 6.07 Å². The third-order valence-corrected chi connectivity index (χ3v) is 2.56. The Morgan fingerprint density at radius 3 is 2.44 bits per heavy atom. The van der Waals surface area contributed by atoms with Gasteiger partial charge in [-0.3, -0.25) is 0 Å². The maximum atomic E-state index is 9.96. The number of ether oxygens (including phenoxy) is 2. The van der Waals surface area contributed by atoms with E-state index in [0.717, 1.165) is 0 Å². The number of halogens is 1. The summed E-state index contributed by atoms with van der Waals surface area (Å²) in [5, 5.41) is 17.0. The Morgan fingerprint density at radius 1 is 1.33 bits per heavy atom. The van der Waals surface area contributed by atoms with Gasteiger partial charge < -0.3 is 26.0 Å². The molecule has 0 saturated heterocycles. The topological polar surface area (TPSA) is 115 Å². The molecular weight excluding hydrogens is 304 g/mol. The number of hydrogen-bond donors (Lipinski definition) is 3. The van der Waals surface area contributed by atoms with Gasteiger partial charge in [0.1, 0.15) is 0 Å². The van der Waals surface area contributed by atoms with Gasteiger partial charge in [-0.2, -0.15) is 5.10 Å². The van der Waals surface area contributed by atoms with Crippen LogP contribution in [0.15, 0.2) is 20.7 Å². The zero-order chi connectivity index (χ0) is 13.7. The summed E-state index contributed by atoms with van der Waals surface area (Å²) in [6.45, 7) is 0. The molecule has 0 amide bonds. The van der Waals surface area contributed by atoms with Crippen molar-refractivity contribution in [3.63, 3.8) is 0 Å². The molecule has 0 heterocycles. The number of phenolic OH excluding ortho intramolecular Hbond substituents is 1. The highest BCUT2D eigenvalue weighted by molar-refractivity contribution is 9.10. The van der Waals surface area contributed by atoms with Gasteiger partial charge in [0, 0.05) is 5.56 Å². The van der Waals surface area contributed by atoms with Crippen molar-refractivity contribution in [3.8, 4) is 17.2 Å². The Bertz CT molecular complexity index is 498. The number of benzene rings is 1. The van der Waals surface area contributed by atoms with E-state index in [2.05, 4.69) is 26.1 Å². The Hall–Kier alpha value is -1.96. The van der Waals surface area contributed by atoms with Crippen LogP contribution in [0.3, 0.4) is 0 Å². The minimum absolute atomic E-state index is 0.118. The summed E-state index contributed by atoms with van der Waals surface area (Å²) in [5.41, 5.74) is 10.6. The fourth-order valence-electron chi connectivity index (χ4n) is 1.25. The number of methoxy groups -OCH3 is 2. The monoisotopic (exact) mass is 316 g/mol. The maximum absolute atomic E-state index is 9.96. The summed E-state index contributed by atoms with van der Waals surface area (Å²) in [6.07, 6.45) is 1.29. The van der Waals surface area contributed by atoms with Crippen molar-refractivity contribution < 1.29 is 14.6 Å². The Kier molecular flexibility index (Phi) is 4.78. The normalized spacial score (nSPS) is 10.4. The van der Waals surface area contributed by atoms with Gasteiger partial charge in [-0.1, -0.05) is 0 Å². The van der Waals surface area contributed by atoms with Gasteiger partial charge >= 0.3 is 0 Å². The van der Waals surface area contributed by atoms with Gasteiger partial charge in [-0.15, -0.1) is 5.10 Å². The summed E-state index contributed by atoms with van der Waals surface area (Å²) >= 11 is 3.29. The minimum atomic E-state index is -0.176. The van der Waals surface area contributed by atoms with Crippen molar-refractivity contribution >= 4 is 28.1 Å². The molecule has 0 aromatic heterocycles. The van der Waals surface area contributed by atoms with E-state index in [1.807, 2.05) is 0 Å². The quantitative estimate of drug-likeness (QED) is 0.431. The fraction of sp³-hybridized carbons (Fsp3) is 0.200. The van der Waals surface area contributed by atoms with Gasteiger partial charge in [-0.25, -0.2) is 0 Å². The lowest BCUT2D eigenvalue weighted by Crippen LogP contribution is -2.21. The van der Waals surface area contributed by atoms with Crippen LogP contribution < -0.4 is 20.9 Å². The molecular formula is C10H13BrN4O3. The number of hydrogen-bond acceptors (Lipinski definition) is 5. The van der Waals surface area contributed by atoms with Gasteiger partial charge in [-0.05, 0) is 22.0 Å². The standard InChI is InChI=1S/C10H13BrN4O3/c1-17-8-6(11)3-5(4-14-15-10(12)13)7(16)9(8)18-2/h3-4,16H,1-2H3,(H4,12,13,15). The van der Waals surface area contributed by atoms with E-state index in [-0.39, 0.29) is 17.5 Å². The first kappa shape index (κ1) is 14.1. The highest BCUT2D eigenvalue weighted by atomic mass is 79.9. The van der Waals surface area contributed by atoms with Crippen LogP contribution in [0.5, 0.6) is 17.2 Å². The summed E-state index contributed by atoms with van der Waals surface area (Å²) in [7, 11) is 2.89. The van der Waals surface area contributed by atoms with Crippen LogP contribution in [0.25, 0.3) is 0 Å². The van der Waals surface area contributed by atoms with E-state index in [0.29, 0.717) is 15.8 Å². The second kappa shape index (κ2) is 6.10. The Morgan fingerprint density at radius 2 is 1.94 bits per heavy atom. The van der Waals surface area contributed by atoms with Crippen LogP contribution >= 0.6 is 15.9 Å². The van der Waals surface area contributed by atoms with Crippen molar-refractivity contribution in [2.24, 2.45) is 21.7 Å². The second-order valence-corrected chi connectivity index (χ2v) is 3.99.